The van der Waals surface area contributed by atoms with Crippen LogP contribution in [0.4, 0.5) is 0 Å². The van der Waals surface area contributed by atoms with Crippen LogP contribution in [-0.2, 0) is 11.8 Å². The molecule has 0 N–H and O–H groups in total. The van der Waals surface area contributed by atoms with Crippen molar-refractivity contribution in [1.82, 2.24) is 0 Å². The van der Waals surface area contributed by atoms with E-state index in [1.54, 1.807) is 0 Å². The van der Waals surface area contributed by atoms with Gasteiger partial charge in [-0.25, -0.2) is 0 Å². The van der Waals surface area contributed by atoms with Gasteiger partial charge in [0.15, 0.2) is 0 Å². The largest absolute Gasteiger partial charge is 0.435 e. The molecule has 94 valence electrons. The molecule has 0 atom stereocenters. The SMILES string of the molecule is CCP(=S)(Oc1ccccc1)Oc1ccccc1. The van der Waals surface area contributed by atoms with E-state index in [1.165, 1.54) is 0 Å². The van der Waals surface area contributed by atoms with Gasteiger partial charge in [-0.05, 0) is 36.1 Å². The van der Waals surface area contributed by atoms with Gasteiger partial charge in [0.05, 0.1) is 0 Å². The molecule has 0 radical (unpaired) electrons. The normalized spacial score (nSPS) is 10.9. The maximum atomic E-state index is 5.86. The van der Waals surface area contributed by atoms with Crippen molar-refractivity contribution in [3.05, 3.63) is 60.7 Å². The van der Waals surface area contributed by atoms with Gasteiger partial charge in [0.25, 0.3) is 6.49 Å². The Morgan fingerprint density at radius 3 is 1.56 bits per heavy atom. The Morgan fingerprint density at radius 1 is 0.833 bits per heavy atom. The average Bonchev–Trinajstić information content (AvgIpc) is 2.41. The van der Waals surface area contributed by atoms with E-state index in [0.717, 1.165) is 11.5 Å². The standard InChI is InChI=1S/C14H15O2PS/c1-2-17(18,15-13-9-5-3-6-10-13)16-14-11-7-4-8-12-14/h3-12H,2H2,1H3. The van der Waals surface area contributed by atoms with E-state index in [1.807, 2.05) is 67.6 Å². The molecule has 0 aliphatic heterocycles. The quantitative estimate of drug-likeness (QED) is 0.752. The molecule has 0 aliphatic rings. The van der Waals surface area contributed by atoms with Crippen LogP contribution < -0.4 is 9.05 Å². The van der Waals surface area contributed by atoms with E-state index in [-0.39, 0.29) is 0 Å². The second-order valence-electron chi connectivity index (χ2n) is 3.74. The number of benzene rings is 2. The fourth-order valence-corrected chi connectivity index (χ4v) is 3.13. The summed E-state index contributed by atoms with van der Waals surface area (Å²) in [6, 6.07) is 19.2. The zero-order chi connectivity index (χ0) is 12.8. The number of para-hydroxylation sites is 2. The van der Waals surface area contributed by atoms with Crippen molar-refractivity contribution in [2.24, 2.45) is 0 Å². The van der Waals surface area contributed by atoms with Crippen LogP contribution in [0.1, 0.15) is 6.92 Å². The van der Waals surface area contributed by atoms with E-state index in [2.05, 4.69) is 0 Å². The van der Waals surface area contributed by atoms with Crippen LogP contribution >= 0.6 is 6.49 Å². The lowest BCUT2D eigenvalue weighted by Gasteiger charge is -2.22. The molecule has 2 aromatic carbocycles. The molecule has 0 saturated heterocycles. The van der Waals surface area contributed by atoms with Crippen LogP contribution in [-0.4, -0.2) is 6.16 Å². The van der Waals surface area contributed by atoms with Crippen molar-refractivity contribution in [3.8, 4) is 11.5 Å². The molecule has 0 spiro atoms. The zero-order valence-corrected chi connectivity index (χ0v) is 11.9. The minimum atomic E-state index is -2.31. The molecule has 0 unspecified atom stereocenters. The number of hydrogen-bond acceptors (Lipinski definition) is 3. The fraction of sp³-hybridized carbons (Fsp3) is 0.143. The highest BCUT2D eigenvalue weighted by atomic mass is 32.5. The summed E-state index contributed by atoms with van der Waals surface area (Å²) in [5.41, 5.74) is 0. The van der Waals surface area contributed by atoms with Crippen molar-refractivity contribution in [2.45, 2.75) is 6.92 Å². The van der Waals surface area contributed by atoms with Gasteiger partial charge >= 0.3 is 0 Å². The van der Waals surface area contributed by atoms with E-state index in [4.69, 9.17) is 20.9 Å². The lowest BCUT2D eigenvalue weighted by atomic mass is 10.3. The molecular formula is C14H15O2PS. The highest BCUT2D eigenvalue weighted by Crippen LogP contribution is 2.48. The second kappa shape index (κ2) is 6.03. The van der Waals surface area contributed by atoms with Gasteiger partial charge in [-0.3, -0.25) is 0 Å². The van der Waals surface area contributed by atoms with Gasteiger partial charge in [-0.1, -0.05) is 43.3 Å². The van der Waals surface area contributed by atoms with Gasteiger partial charge in [-0.15, -0.1) is 0 Å². The molecule has 0 bridgehead atoms. The monoisotopic (exact) mass is 278 g/mol. The Hall–Kier alpha value is -1.31. The first-order chi connectivity index (χ1) is 8.72. The Bertz CT molecular complexity index is 483. The predicted octanol–water partition coefficient (Wildman–Crippen LogP) is 4.47. The molecule has 2 aromatic rings. The minimum absolute atomic E-state index is 0.687. The van der Waals surface area contributed by atoms with Crippen molar-refractivity contribution in [2.75, 3.05) is 6.16 Å². The number of hydrogen-bond donors (Lipinski definition) is 0. The van der Waals surface area contributed by atoms with E-state index in [0.29, 0.717) is 6.16 Å². The molecule has 18 heavy (non-hydrogen) atoms. The Kier molecular flexibility index (Phi) is 4.40. The maximum Gasteiger partial charge on any atom is 0.287 e. The van der Waals surface area contributed by atoms with Gasteiger partial charge in [0, 0.05) is 6.16 Å². The number of rotatable bonds is 5. The molecule has 0 aliphatic carbocycles. The lowest BCUT2D eigenvalue weighted by Crippen LogP contribution is -2.02. The molecule has 0 saturated carbocycles. The lowest BCUT2D eigenvalue weighted by molar-refractivity contribution is 0.487. The minimum Gasteiger partial charge on any atom is -0.435 e. The fourth-order valence-electron chi connectivity index (χ4n) is 1.43. The molecule has 2 nitrogen and oxygen atoms in total. The van der Waals surface area contributed by atoms with Crippen molar-refractivity contribution in [1.29, 1.82) is 0 Å². The van der Waals surface area contributed by atoms with Crippen LogP contribution in [0.15, 0.2) is 60.7 Å². The zero-order valence-electron chi connectivity index (χ0n) is 10.2. The summed E-state index contributed by atoms with van der Waals surface area (Å²) >= 11 is 5.53. The average molecular weight is 278 g/mol. The van der Waals surface area contributed by atoms with Gasteiger partial charge in [0.1, 0.15) is 11.5 Å². The summed E-state index contributed by atoms with van der Waals surface area (Å²) < 4.78 is 11.7. The van der Waals surface area contributed by atoms with Crippen LogP contribution in [0, 0.1) is 0 Å². The third-order valence-electron chi connectivity index (χ3n) is 2.36. The molecule has 2 rings (SSSR count). The summed E-state index contributed by atoms with van der Waals surface area (Å²) in [6.45, 7) is -0.318. The first kappa shape index (κ1) is 13.1. The highest BCUT2D eigenvalue weighted by molar-refractivity contribution is 8.10. The highest BCUT2D eigenvalue weighted by Gasteiger charge is 2.19. The molecular weight excluding hydrogens is 263 g/mol. The molecule has 4 heteroatoms. The van der Waals surface area contributed by atoms with Crippen LogP contribution in [0.2, 0.25) is 0 Å². The van der Waals surface area contributed by atoms with Crippen LogP contribution in [0.25, 0.3) is 0 Å². The summed E-state index contributed by atoms with van der Waals surface area (Å²) in [6.07, 6.45) is 0.687. The van der Waals surface area contributed by atoms with E-state index >= 15 is 0 Å². The Balaban J connectivity index is 2.14. The van der Waals surface area contributed by atoms with E-state index in [9.17, 15) is 0 Å². The third-order valence-corrected chi connectivity index (χ3v) is 5.34. The Labute approximate surface area is 113 Å². The summed E-state index contributed by atoms with van der Waals surface area (Å²) in [5, 5.41) is 0. The van der Waals surface area contributed by atoms with E-state index < -0.39 is 6.49 Å². The molecule has 0 heterocycles. The maximum absolute atomic E-state index is 5.86. The first-order valence-corrected chi connectivity index (χ1v) is 8.62. The van der Waals surface area contributed by atoms with Crippen molar-refractivity contribution < 1.29 is 9.05 Å². The van der Waals surface area contributed by atoms with Crippen LogP contribution in [0.5, 0.6) is 11.5 Å². The topological polar surface area (TPSA) is 18.5 Å². The summed E-state index contributed by atoms with van der Waals surface area (Å²) in [4.78, 5) is 0. The summed E-state index contributed by atoms with van der Waals surface area (Å²) in [5.74, 6) is 1.53. The van der Waals surface area contributed by atoms with Gasteiger partial charge in [-0.2, -0.15) is 0 Å². The van der Waals surface area contributed by atoms with Crippen molar-refractivity contribution >= 4 is 18.3 Å². The molecule has 0 amide bonds. The molecule has 0 fully saturated rings. The van der Waals surface area contributed by atoms with Gasteiger partial charge < -0.3 is 9.05 Å². The second-order valence-corrected chi connectivity index (χ2v) is 7.62. The first-order valence-electron chi connectivity index (χ1n) is 5.80. The van der Waals surface area contributed by atoms with Crippen molar-refractivity contribution in [3.63, 3.8) is 0 Å². The van der Waals surface area contributed by atoms with Gasteiger partial charge in [0.2, 0.25) is 0 Å². The third kappa shape index (κ3) is 3.59. The smallest absolute Gasteiger partial charge is 0.287 e. The van der Waals surface area contributed by atoms with Crippen LogP contribution in [0.3, 0.4) is 0 Å². The Morgan fingerprint density at radius 2 is 1.22 bits per heavy atom. The molecule has 0 aromatic heterocycles. The predicted molar refractivity (Wildman–Crippen MR) is 79.0 cm³/mol. The summed E-state index contributed by atoms with van der Waals surface area (Å²) in [7, 11) is 0.